The molecule has 134 valence electrons. The lowest BCUT2D eigenvalue weighted by atomic mass is 9.51. The molecule has 6 nitrogen and oxygen atoms in total. The van der Waals surface area contributed by atoms with Gasteiger partial charge >= 0.3 is 6.03 Å². The van der Waals surface area contributed by atoms with Crippen molar-refractivity contribution in [1.29, 1.82) is 0 Å². The van der Waals surface area contributed by atoms with Crippen LogP contribution >= 0.6 is 0 Å². The van der Waals surface area contributed by atoms with Crippen LogP contribution in [-0.4, -0.2) is 35.5 Å². The Balaban J connectivity index is 1.29. The highest BCUT2D eigenvalue weighted by molar-refractivity contribution is 5.90. The van der Waals surface area contributed by atoms with Crippen LogP contribution in [0.2, 0.25) is 0 Å². The van der Waals surface area contributed by atoms with Gasteiger partial charge in [-0.25, -0.2) is 4.79 Å². The van der Waals surface area contributed by atoms with Gasteiger partial charge in [0.2, 0.25) is 0 Å². The molecule has 3 N–H and O–H groups in total. The van der Waals surface area contributed by atoms with Gasteiger partial charge in [-0.2, -0.15) is 0 Å². The standard InChI is InChI=1S/C19H24N2O4/c22-17(20-14-1-2-15-16(6-14)25-4-3-24-15)21-18-7-12-5-13(8-18)10-19(23,9-12)11-18/h1-2,6,12-13,23H,3-5,7-11H2,(H2,20,21,22). The third kappa shape index (κ3) is 2.72. The fraction of sp³-hybridized carbons (Fsp3) is 0.632. The molecule has 1 aliphatic heterocycles. The highest BCUT2D eigenvalue weighted by atomic mass is 16.6. The Morgan fingerprint density at radius 1 is 1.08 bits per heavy atom. The Hall–Kier alpha value is -1.95. The van der Waals surface area contributed by atoms with Gasteiger partial charge in [-0.3, -0.25) is 0 Å². The van der Waals surface area contributed by atoms with Crippen molar-refractivity contribution in [1.82, 2.24) is 5.32 Å². The number of benzene rings is 1. The monoisotopic (exact) mass is 344 g/mol. The topological polar surface area (TPSA) is 79.8 Å². The van der Waals surface area contributed by atoms with Crippen molar-refractivity contribution in [3.63, 3.8) is 0 Å². The van der Waals surface area contributed by atoms with Gasteiger partial charge in [0.25, 0.3) is 0 Å². The van der Waals surface area contributed by atoms with E-state index < -0.39 is 5.60 Å². The van der Waals surface area contributed by atoms with Crippen molar-refractivity contribution >= 4 is 11.7 Å². The van der Waals surface area contributed by atoms with Gasteiger partial charge in [-0.05, 0) is 62.5 Å². The Labute approximate surface area is 146 Å². The molecule has 6 rings (SSSR count). The lowest BCUT2D eigenvalue weighted by Crippen LogP contribution is -2.65. The smallest absolute Gasteiger partial charge is 0.319 e. The van der Waals surface area contributed by atoms with Crippen LogP contribution in [0.3, 0.4) is 0 Å². The number of ether oxygens (including phenoxy) is 2. The summed E-state index contributed by atoms with van der Waals surface area (Å²) in [5, 5.41) is 16.9. The SMILES string of the molecule is O=C(Nc1ccc2c(c1)OCCO2)NC12CC3CC(CC(O)(C3)C1)C2. The van der Waals surface area contributed by atoms with Crippen molar-refractivity contribution in [3.8, 4) is 11.5 Å². The van der Waals surface area contributed by atoms with Crippen molar-refractivity contribution in [3.05, 3.63) is 18.2 Å². The third-order valence-corrected chi connectivity index (χ3v) is 6.21. The average Bonchev–Trinajstić information content (AvgIpc) is 2.51. The van der Waals surface area contributed by atoms with E-state index in [1.165, 1.54) is 6.42 Å². The largest absolute Gasteiger partial charge is 0.486 e. The van der Waals surface area contributed by atoms with Gasteiger partial charge in [0.05, 0.1) is 5.60 Å². The van der Waals surface area contributed by atoms with Gasteiger partial charge in [-0.15, -0.1) is 0 Å². The number of hydrogen-bond acceptors (Lipinski definition) is 4. The van der Waals surface area contributed by atoms with E-state index in [0.29, 0.717) is 48.7 Å². The molecule has 4 fully saturated rings. The third-order valence-electron chi connectivity index (χ3n) is 6.21. The first-order valence-electron chi connectivity index (χ1n) is 9.22. The van der Waals surface area contributed by atoms with Gasteiger partial charge < -0.3 is 25.2 Å². The molecule has 0 spiro atoms. The minimum Gasteiger partial charge on any atom is -0.486 e. The summed E-state index contributed by atoms with van der Waals surface area (Å²) in [6, 6.07) is 5.22. The van der Waals surface area contributed by atoms with E-state index in [1.54, 1.807) is 6.07 Å². The summed E-state index contributed by atoms with van der Waals surface area (Å²) in [5.74, 6) is 2.45. The molecule has 1 aromatic rings. The van der Waals surface area contributed by atoms with Crippen LogP contribution in [0.4, 0.5) is 10.5 Å². The minimum atomic E-state index is -0.575. The first-order chi connectivity index (χ1) is 12.0. The fourth-order valence-corrected chi connectivity index (χ4v) is 5.88. The molecule has 2 amide bonds. The molecule has 0 radical (unpaired) electrons. The number of hydrogen-bond donors (Lipinski definition) is 3. The van der Waals surface area contributed by atoms with Gasteiger partial charge in [0, 0.05) is 17.3 Å². The first-order valence-corrected chi connectivity index (χ1v) is 9.22. The maximum atomic E-state index is 12.6. The van der Waals surface area contributed by atoms with E-state index in [1.807, 2.05) is 12.1 Å². The maximum absolute atomic E-state index is 12.6. The summed E-state index contributed by atoms with van der Waals surface area (Å²) in [4.78, 5) is 12.6. The van der Waals surface area contributed by atoms with Gasteiger partial charge in [0.1, 0.15) is 13.2 Å². The second-order valence-corrected chi connectivity index (χ2v) is 8.40. The molecule has 2 atom stereocenters. The van der Waals surface area contributed by atoms with Gasteiger partial charge in [-0.1, -0.05) is 0 Å². The maximum Gasteiger partial charge on any atom is 0.319 e. The predicted octanol–water partition coefficient (Wildman–Crippen LogP) is 2.66. The molecule has 1 aromatic carbocycles. The Morgan fingerprint density at radius 3 is 2.52 bits per heavy atom. The Kier molecular flexibility index (Phi) is 3.23. The number of urea groups is 1. The van der Waals surface area contributed by atoms with Gasteiger partial charge in [0.15, 0.2) is 11.5 Å². The van der Waals surface area contributed by atoms with Crippen molar-refractivity contribution in [2.75, 3.05) is 18.5 Å². The van der Waals surface area contributed by atoms with E-state index in [9.17, 15) is 9.90 Å². The number of carbonyl (C=O) groups excluding carboxylic acids is 1. The minimum absolute atomic E-state index is 0.206. The second kappa shape index (κ2) is 5.27. The summed E-state index contributed by atoms with van der Waals surface area (Å²) in [7, 11) is 0. The summed E-state index contributed by atoms with van der Waals surface area (Å²) in [6.07, 6.45) is 5.66. The number of rotatable bonds is 2. The zero-order valence-electron chi connectivity index (χ0n) is 14.2. The summed E-state index contributed by atoms with van der Waals surface area (Å²) in [5.41, 5.74) is -0.143. The number of anilines is 1. The van der Waals surface area contributed by atoms with E-state index in [0.717, 1.165) is 25.7 Å². The van der Waals surface area contributed by atoms with Crippen LogP contribution in [0, 0.1) is 11.8 Å². The van der Waals surface area contributed by atoms with Crippen LogP contribution in [0.1, 0.15) is 38.5 Å². The van der Waals surface area contributed by atoms with Crippen LogP contribution in [0.15, 0.2) is 18.2 Å². The zero-order chi connectivity index (χ0) is 17.1. The molecule has 4 bridgehead atoms. The molecule has 25 heavy (non-hydrogen) atoms. The normalized spacial score (nSPS) is 37.6. The molecular weight excluding hydrogens is 320 g/mol. The van der Waals surface area contributed by atoms with Crippen molar-refractivity contribution in [2.24, 2.45) is 11.8 Å². The quantitative estimate of drug-likeness (QED) is 0.771. The number of carbonyl (C=O) groups is 1. The number of nitrogens with one attached hydrogen (secondary N) is 2. The second-order valence-electron chi connectivity index (χ2n) is 8.40. The van der Waals surface area contributed by atoms with E-state index >= 15 is 0 Å². The molecule has 0 saturated heterocycles. The van der Waals surface area contributed by atoms with Crippen molar-refractivity contribution in [2.45, 2.75) is 49.7 Å². The number of amides is 2. The van der Waals surface area contributed by atoms with E-state index in [2.05, 4.69) is 10.6 Å². The molecule has 6 heteroatoms. The molecule has 2 unspecified atom stereocenters. The predicted molar refractivity (Wildman–Crippen MR) is 91.9 cm³/mol. The lowest BCUT2D eigenvalue weighted by molar-refractivity contribution is -0.138. The number of fused-ring (bicyclic) bond motifs is 1. The zero-order valence-corrected chi connectivity index (χ0v) is 14.2. The van der Waals surface area contributed by atoms with Crippen molar-refractivity contribution < 1.29 is 19.4 Å². The van der Waals surface area contributed by atoms with E-state index in [-0.39, 0.29) is 11.6 Å². The van der Waals surface area contributed by atoms with Crippen LogP contribution in [0.5, 0.6) is 11.5 Å². The molecule has 4 aliphatic carbocycles. The Morgan fingerprint density at radius 2 is 1.80 bits per heavy atom. The molecular formula is C19H24N2O4. The van der Waals surface area contributed by atoms with Crippen LogP contribution < -0.4 is 20.1 Å². The Bertz CT molecular complexity index is 705. The summed E-state index contributed by atoms with van der Waals surface area (Å²) in [6.45, 7) is 1.07. The van der Waals surface area contributed by atoms with Crippen LogP contribution in [0.25, 0.3) is 0 Å². The molecule has 0 aromatic heterocycles. The molecule has 5 aliphatic rings. The summed E-state index contributed by atoms with van der Waals surface area (Å²) >= 11 is 0. The van der Waals surface area contributed by atoms with Crippen LogP contribution in [-0.2, 0) is 0 Å². The fourth-order valence-electron chi connectivity index (χ4n) is 5.88. The first kappa shape index (κ1) is 15.3. The lowest BCUT2D eigenvalue weighted by Gasteiger charge is -2.60. The average molecular weight is 344 g/mol. The molecule has 1 heterocycles. The van der Waals surface area contributed by atoms with E-state index in [4.69, 9.17) is 9.47 Å². The highest BCUT2D eigenvalue weighted by Crippen LogP contribution is 2.57. The molecule has 4 saturated carbocycles. The summed E-state index contributed by atoms with van der Waals surface area (Å²) < 4.78 is 11.1. The number of aliphatic hydroxyl groups is 1. The highest BCUT2D eigenvalue weighted by Gasteiger charge is 2.57.